The van der Waals surface area contributed by atoms with E-state index in [-0.39, 0.29) is 16.2 Å². The third-order valence-corrected chi connectivity index (χ3v) is 3.05. The smallest absolute Gasteiger partial charge is 0.182 e. The zero-order valence-electron chi connectivity index (χ0n) is 9.49. The minimum Gasteiger partial charge on any atom is -0.399 e. The van der Waals surface area contributed by atoms with Crippen LogP contribution in [-0.4, -0.2) is 17.2 Å². The summed E-state index contributed by atoms with van der Waals surface area (Å²) >= 11 is 1.21. The number of nitrogen functional groups attached to an aromatic ring is 1. The molecule has 3 nitrogen and oxygen atoms in total. The highest BCUT2D eigenvalue weighted by Crippen LogP contribution is 2.20. The number of halogens is 2. The van der Waals surface area contributed by atoms with E-state index >= 15 is 0 Å². The number of amidine groups is 1. The Balaban J connectivity index is 2.64. The second-order valence-electron chi connectivity index (χ2n) is 3.60. The van der Waals surface area contributed by atoms with Crippen molar-refractivity contribution in [2.24, 2.45) is 10.7 Å². The van der Waals surface area contributed by atoms with Crippen LogP contribution in [0.25, 0.3) is 0 Å². The molecule has 0 saturated carbocycles. The third-order valence-electron chi connectivity index (χ3n) is 2.11. The largest absolute Gasteiger partial charge is 0.399 e. The Morgan fingerprint density at radius 1 is 1.53 bits per heavy atom. The predicted molar refractivity (Wildman–Crippen MR) is 69.2 cm³/mol. The van der Waals surface area contributed by atoms with E-state index in [0.29, 0.717) is 17.7 Å². The maximum absolute atomic E-state index is 13.4. The average molecular weight is 259 g/mol. The number of thioether (sulfide) groups is 1. The quantitative estimate of drug-likeness (QED) is 0.377. The van der Waals surface area contributed by atoms with Gasteiger partial charge >= 0.3 is 0 Å². The molecule has 17 heavy (non-hydrogen) atoms. The molecular weight excluding hydrogens is 244 g/mol. The number of benzene rings is 1. The molecular formula is C11H15F2N3S. The van der Waals surface area contributed by atoms with E-state index in [1.165, 1.54) is 23.9 Å². The fourth-order valence-corrected chi connectivity index (χ4v) is 2.20. The lowest BCUT2D eigenvalue weighted by molar-refractivity contribution is 0.513. The second kappa shape index (κ2) is 6.44. The summed E-state index contributed by atoms with van der Waals surface area (Å²) in [5, 5.41) is 0.172. The highest BCUT2D eigenvalue weighted by molar-refractivity contribution is 8.14. The van der Waals surface area contributed by atoms with Crippen molar-refractivity contribution >= 4 is 22.6 Å². The predicted octanol–water partition coefficient (Wildman–Crippen LogP) is 2.31. The number of rotatable bonds is 4. The summed E-state index contributed by atoms with van der Waals surface area (Å²) in [5.41, 5.74) is 12.1. The minimum atomic E-state index is -0.835. The maximum Gasteiger partial charge on any atom is 0.182 e. The summed E-state index contributed by atoms with van der Waals surface area (Å²) in [6.45, 7) is 1.03. The molecule has 0 unspecified atom stereocenters. The van der Waals surface area contributed by atoms with Crippen LogP contribution in [0, 0.1) is 5.82 Å². The molecule has 0 aliphatic carbocycles. The molecule has 0 bridgehead atoms. The van der Waals surface area contributed by atoms with Gasteiger partial charge in [-0.05, 0) is 30.2 Å². The molecule has 6 heteroatoms. The summed E-state index contributed by atoms with van der Waals surface area (Å²) in [6.07, 6.45) is 0.462. The summed E-state index contributed by atoms with van der Waals surface area (Å²) in [4.78, 5) is 3.42. The minimum absolute atomic E-state index is 0.00148. The van der Waals surface area contributed by atoms with Crippen LogP contribution >= 0.6 is 11.8 Å². The van der Waals surface area contributed by atoms with Gasteiger partial charge in [-0.2, -0.15) is 0 Å². The monoisotopic (exact) mass is 259 g/mol. The van der Waals surface area contributed by atoms with Crippen molar-refractivity contribution in [1.82, 2.24) is 0 Å². The Hall–Kier alpha value is -1.30. The van der Waals surface area contributed by atoms with Crippen molar-refractivity contribution in [3.63, 3.8) is 0 Å². The first-order valence-corrected chi connectivity index (χ1v) is 5.97. The Labute approximate surface area is 103 Å². The number of anilines is 1. The number of hydrogen-bond donors (Lipinski definition) is 2. The molecule has 0 saturated heterocycles. The van der Waals surface area contributed by atoms with Crippen molar-refractivity contribution < 1.29 is 8.78 Å². The van der Waals surface area contributed by atoms with E-state index in [1.54, 1.807) is 6.07 Å². The van der Waals surface area contributed by atoms with Gasteiger partial charge < -0.3 is 11.5 Å². The highest BCUT2D eigenvalue weighted by Gasteiger charge is 2.10. The second-order valence-corrected chi connectivity index (χ2v) is 5.06. The zero-order chi connectivity index (χ0) is 12.8. The van der Waals surface area contributed by atoms with Gasteiger partial charge in [0.1, 0.15) is 5.82 Å². The molecule has 0 heterocycles. The number of aliphatic imine (C=N–C) groups is 1. The molecule has 0 fully saturated rings. The van der Waals surface area contributed by atoms with Crippen molar-refractivity contribution in [3.05, 3.63) is 29.6 Å². The summed E-state index contributed by atoms with van der Waals surface area (Å²) in [5.74, 6) is -0.298. The van der Waals surface area contributed by atoms with Crippen LogP contribution in [0.5, 0.6) is 0 Å². The van der Waals surface area contributed by atoms with Crippen LogP contribution in [0.2, 0.25) is 0 Å². The molecule has 1 aromatic carbocycles. The summed E-state index contributed by atoms with van der Waals surface area (Å²) in [7, 11) is 0. The lowest BCUT2D eigenvalue weighted by Gasteiger charge is -2.11. The maximum atomic E-state index is 13.4. The van der Waals surface area contributed by atoms with Crippen LogP contribution < -0.4 is 11.5 Å². The fourth-order valence-electron chi connectivity index (χ4n) is 1.40. The first kappa shape index (κ1) is 13.8. The molecule has 0 aromatic heterocycles. The molecule has 1 atom stereocenters. The standard InChI is InChI=1S/C11H15F2N3S/c1-7(17-11(15)16-6-12)4-8-5-9(14)2-3-10(8)13/h2-3,5,7H,4,6,14H2,1H3,(H2,15,16)/t7-/m1/s1. The molecule has 4 N–H and O–H groups in total. The van der Waals surface area contributed by atoms with Crippen molar-refractivity contribution in [2.45, 2.75) is 18.6 Å². The summed E-state index contributed by atoms with van der Waals surface area (Å²) < 4.78 is 25.3. The van der Waals surface area contributed by atoms with Crippen molar-refractivity contribution in [1.29, 1.82) is 0 Å². The number of nitrogens with two attached hydrogens (primary N) is 2. The van der Waals surface area contributed by atoms with E-state index in [4.69, 9.17) is 11.5 Å². The van der Waals surface area contributed by atoms with E-state index in [2.05, 4.69) is 4.99 Å². The van der Waals surface area contributed by atoms with Crippen molar-refractivity contribution in [2.75, 3.05) is 12.5 Å². The van der Waals surface area contributed by atoms with Crippen LogP contribution in [0.4, 0.5) is 14.5 Å². The Bertz CT molecular complexity index is 410. The van der Waals surface area contributed by atoms with Crippen molar-refractivity contribution in [3.8, 4) is 0 Å². The normalized spacial score (nSPS) is 13.7. The van der Waals surface area contributed by atoms with Gasteiger partial charge in [0.15, 0.2) is 12.0 Å². The molecule has 94 valence electrons. The number of nitrogens with zero attached hydrogens (tertiary/aromatic N) is 1. The first-order chi connectivity index (χ1) is 8.02. The van der Waals surface area contributed by atoms with Gasteiger partial charge in [-0.1, -0.05) is 18.7 Å². The van der Waals surface area contributed by atoms with Gasteiger partial charge in [0.2, 0.25) is 0 Å². The van der Waals surface area contributed by atoms with Crippen LogP contribution in [0.1, 0.15) is 12.5 Å². The topological polar surface area (TPSA) is 64.4 Å². The number of hydrogen-bond acceptors (Lipinski definition) is 3. The molecule has 1 rings (SSSR count). The Kier molecular flexibility index (Phi) is 5.21. The van der Waals surface area contributed by atoms with Gasteiger partial charge in [0.05, 0.1) is 0 Å². The Morgan fingerprint density at radius 2 is 2.24 bits per heavy atom. The number of alkyl halides is 1. The lowest BCUT2D eigenvalue weighted by Crippen LogP contribution is -2.14. The fraction of sp³-hybridized carbons (Fsp3) is 0.364. The van der Waals surface area contributed by atoms with Gasteiger partial charge in [-0.3, -0.25) is 0 Å². The molecule has 0 radical (unpaired) electrons. The van der Waals surface area contributed by atoms with Crippen LogP contribution in [-0.2, 0) is 6.42 Å². The first-order valence-electron chi connectivity index (χ1n) is 5.09. The van der Waals surface area contributed by atoms with E-state index in [9.17, 15) is 8.78 Å². The van der Waals surface area contributed by atoms with Gasteiger partial charge in [-0.15, -0.1) is 0 Å². The molecule has 1 aromatic rings. The van der Waals surface area contributed by atoms with E-state index < -0.39 is 6.80 Å². The SMILES string of the molecule is C[C@H](Cc1cc(N)ccc1F)SC(N)=NCF. The lowest BCUT2D eigenvalue weighted by atomic mass is 10.1. The van der Waals surface area contributed by atoms with Crippen LogP contribution in [0.3, 0.4) is 0 Å². The molecule has 0 aliphatic heterocycles. The van der Waals surface area contributed by atoms with Gasteiger partial charge in [0.25, 0.3) is 0 Å². The molecule has 0 aliphatic rings. The van der Waals surface area contributed by atoms with E-state index in [1.807, 2.05) is 6.92 Å². The van der Waals surface area contributed by atoms with Gasteiger partial charge in [0, 0.05) is 10.9 Å². The highest BCUT2D eigenvalue weighted by atomic mass is 32.2. The van der Waals surface area contributed by atoms with Gasteiger partial charge in [-0.25, -0.2) is 13.8 Å². The molecule has 0 amide bonds. The third kappa shape index (κ3) is 4.60. The van der Waals surface area contributed by atoms with E-state index in [0.717, 1.165) is 0 Å². The Morgan fingerprint density at radius 3 is 2.88 bits per heavy atom. The van der Waals surface area contributed by atoms with Crippen LogP contribution in [0.15, 0.2) is 23.2 Å². The molecule has 0 spiro atoms. The zero-order valence-corrected chi connectivity index (χ0v) is 10.3. The summed E-state index contributed by atoms with van der Waals surface area (Å²) in [6, 6.07) is 4.44. The average Bonchev–Trinajstić information content (AvgIpc) is 2.23.